The van der Waals surface area contributed by atoms with Crippen molar-refractivity contribution in [2.75, 3.05) is 56.3 Å². The van der Waals surface area contributed by atoms with Crippen LogP contribution >= 0.6 is 0 Å². The first-order valence-electron chi connectivity index (χ1n) is 12.8. The summed E-state index contributed by atoms with van der Waals surface area (Å²) in [5, 5.41) is 3.86. The summed E-state index contributed by atoms with van der Waals surface area (Å²) in [6.07, 6.45) is 3.90. The number of rotatable bonds is 11. The van der Waals surface area contributed by atoms with Crippen LogP contribution in [0.3, 0.4) is 0 Å². The monoisotopic (exact) mass is 545 g/mol. The first-order chi connectivity index (χ1) is 19.4. The number of methoxy groups -OCH3 is 6. The Bertz CT molecular complexity index is 1560. The lowest BCUT2D eigenvalue weighted by Gasteiger charge is -2.20. The molecule has 0 heterocycles. The smallest absolute Gasteiger partial charge is 0.246 e. The van der Waals surface area contributed by atoms with Gasteiger partial charge in [0, 0.05) is 36.7 Å². The highest BCUT2D eigenvalue weighted by Crippen LogP contribution is 2.44. The van der Waals surface area contributed by atoms with Crippen LogP contribution in [0, 0.1) is 0 Å². The number of nitrogens with zero attached hydrogens (tertiary/aromatic N) is 1. The van der Waals surface area contributed by atoms with Gasteiger partial charge in [0.2, 0.25) is 5.91 Å². The Balaban J connectivity index is 1.65. The van der Waals surface area contributed by atoms with Crippen molar-refractivity contribution < 1.29 is 33.2 Å². The van der Waals surface area contributed by atoms with Gasteiger partial charge in [0.05, 0.1) is 42.7 Å². The normalized spacial score (nSPS) is 11.1. The van der Waals surface area contributed by atoms with Gasteiger partial charge in [0.15, 0.2) is 23.0 Å². The van der Waals surface area contributed by atoms with E-state index in [0.717, 1.165) is 32.7 Å². The van der Waals surface area contributed by atoms with Crippen LogP contribution in [0.2, 0.25) is 0 Å². The molecular weight excluding hydrogens is 510 g/mol. The Morgan fingerprint density at radius 3 is 2.08 bits per heavy atom. The second-order valence-corrected chi connectivity index (χ2v) is 9.14. The molecule has 210 valence electrons. The fourth-order valence-corrected chi connectivity index (χ4v) is 4.79. The first kappa shape index (κ1) is 28.4. The van der Waals surface area contributed by atoms with Gasteiger partial charge in [0.1, 0.15) is 11.5 Å². The topological polar surface area (TPSA) is 75.7 Å². The van der Waals surface area contributed by atoms with E-state index in [-0.39, 0.29) is 5.91 Å². The highest BCUT2D eigenvalue weighted by molar-refractivity contribution is 6.13. The molecule has 0 unspecified atom stereocenters. The molecule has 0 saturated heterocycles. The van der Waals surface area contributed by atoms with Crippen LogP contribution in [0.25, 0.3) is 27.6 Å². The molecule has 0 bridgehead atoms. The minimum absolute atomic E-state index is 0.120. The van der Waals surface area contributed by atoms with Crippen molar-refractivity contribution >= 4 is 33.5 Å². The average Bonchev–Trinajstić information content (AvgIpc) is 3.00. The molecule has 0 aromatic heterocycles. The molecule has 4 aromatic carbocycles. The van der Waals surface area contributed by atoms with Gasteiger partial charge in [-0.1, -0.05) is 12.1 Å². The van der Waals surface area contributed by atoms with Crippen molar-refractivity contribution in [1.29, 1.82) is 0 Å². The predicted molar refractivity (Wildman–Crippen MR) is 158 cm³/mol. The number of hydrogen-bond donors (Lipinski definition) is 0. The largest absolute Gasteiger partial charge is 0.497 e. The lowest BCUT2D eigenvalue weighted by atomic mass is 9.95. The van der Waals surface area contributed by atoms with Crippen molar-refractivity contribution in [2.45, 2.75) is 6.42 Å². The zero-order valence-electron chi connectivity index (χ0n) is 24.0. The van der Waals surface area contributed by atoms with E-state index in [9.17, 15) is 4.79 Å². The van der Waals surface area contributed by atoms with E-state index in [1.54, 1.807) is 72.8 Å². The summed E-state index contributed by atoms with van der Waals surface area (Å²) in [6.45, 7) is 0.497. The van der Waals surface area contributed by atoms with Gasteiger partial charge >= 0.3 is 0 Å². The van der Waals surface area contributed by atoms with Gasteiger partial charge in [-0.15, -0.1) is 0 Å². The molecule has 0 saturated carbocycles. The Kier molecular flexibility index (Phi) is 8.89. The van der Waals surface area contributed by atoms with Crippen molar-refractivity contribution in [2.24, 2.45) is 0 Å². The van der Waals surface area contributed by atoms with Crippen molar-refractivity contribution in [3.8, 4) is 34.5 Å². The van der Waals surface area contributed by atoms with Gasteiger partial charge < -0.3 is 33.3 Å². The maximum Gasteiger partial charge on any atom is 0.246 e. The van der Waals surface area contributed by atoms with Gasteiger partial charge in [0.25, 0.3) is 0 Å². The number of benzene rings is 4. The lowest BCUT2D eigenvalue weighted by Crippen LogP contribution is -2.27. The molecule has 0 fully saturated rings. The predicted octanol–water partition coefficient (Wildman–Crippen LogP) is 5.76. The molecule has 4 aromatic rings. The quantitative estimate of drug-likeness (QED) is 0.175. The lowest BCUT2D eigenvalue weighted by molar-refractivity contribution is -0.124. The SMILES string of the molecule is COc1ccc(/C=C/C(=O)N(C)CCc2cc(OC)c(OC)c3c2ccc2cc(OC)c(OC)cc23)c(OC)c1. The van der Waals surface area contributed by atoms with Crippen molar-refractivity contribution in [1.82, 2.24) is 4.90 Å². The number of carbonyl (C=O) groups is 1. The minimum atomic E-state index is -0.120. The van der Waals surface area contributed by atoms with Crippen molar-refractivity contribution in [3.05, 3.63) is 65.7 Å². The molecule has 8 heteroatoms. The molecule has 8 nitrogen and oxygen atoms in total. The van der Waals surface area contributed by atoms with Crippen LogP contribution in [0.5, 0.6) is 34.5 Å². The number of carbonyl (C=O) groups excluding carboxylic acids is 1. The van der Waals surface area contributed by atoms with E-state index in [0.29, 0.717) is 47.5 Å². The molecule has 0 spiro atoms. The van der Waals surface area contributed by atoms with Gasteiger partial charge in [-0.3, -0.25) is 4.79 Å². The summed E-state index contributed by atoms with van der Waals surface area (Å²) < 4.78 is 33.3. The minimum Gasteiger partial charge on any atom is -0.497 e. The Labute approximate surface area is 234 Å². The summed E-state index contributed by atoms with van der Waals surface area (Å²) in [4.78, 5) is 14.6. The van der Waals surface area contributed by atoms with Crippen LogP contribution in [0.15, 0.2) is 54.6 Å². The van der Waals surface area contributed by atoms with E-state index in [1.807, 2.05) is 30.3 Å². The molecule has 0 radical (unpaired) electrons. The molecule has 1 amide bonds. The number of ether oxygens (including phenoxy) is 6. The van der Waals surface area contributed by atoms with Gasteiger partial charge in [-0.25, -0.2) is 0 Å². The highest BCUT2D eigenvalue weighted by Gasteiger charge is 2.19. The van der Waals surface area contributed by atoms with Crippen LogP contribution in [0.1, 0.15) is 11.1 Å². The molecule has 0 aliphatic carbocycles. The standard InChI is InChI=1S/C32H35NO7/c1-33(30(34)13-10-20-8-11-23(35-2)18-26(20)36-3)15-14-22-17-29(39-6)32(40-7)31-24(22)12-9-21-16-27(37-4)28(38-5)19-25(21)31/h8-13,16-19H,14-15H2,1-7H3/b13-10+. The second-order valence-electron chi connectivity index (χ2n) is 9.14. The van der Waals surface area contributed by atoms with Crippen LogP contribution < -0.4 is 28.4 Å². The third-order valence-corrected chi connectivity index (χ3v) is 6.99. The number of amides is 1. The third-order valence-electron chi connectivity index (χ3n) is 6.99. The Morgan fingerprint density at radius 1 is 0.725 bits per heavy atom. The van der Waals surface area contributed by atoms with E-state index >= 15 is 0 Å². The maximum absolute atomic E-state index is 13.0. The summed E-state index contributed by atoms with van der Waals surface area (Å²) in [6, 6.07) is 15.5. The summed E-state index contributed by atoms with van der Waals surface area (Å²) in [5.74, 6) is 3.73. The van der Waals surface area contributed by atoms with E-state index in [4.69, 9.17) is 28.4 Å². The molecule has 4 rings (SSSR count). The molecule has 40 heavy (non-hydrogen) atoms. The van der Waals surface area contributed by atoms with Crippen LogP contribution in [0.4, 0.5) is 0 Å². The highest BCUT2D eigenvalue weighted by atomic mass is 16.5. The molecule has 0 atom stereocenters. The maximum atomic E-state index is 13.0. The second kappa shape index (κ2) is 12.5. The molecule has 0 N–H and O–H groups in total. The average molecular weight is 546 g/mol. The van der Waals surface area contributed by atoms with E-state index < -0.39 is 0 Å². The Morgan fingerprint density at radius 2 is 1.43 bits per heavy atom. The van der Waals surface area contributed by atoms with Crippen molar-refractivity contribution in [3.63, 3.8) is 0 Å². The van der Waals surface area contributed by atoms with Gasteiger partial charge in [-0.2, -0.15) is 0 Å². The Hall–Kier alpha value is -4.59. The number of likely N-dealkylation sites (N-methyl/N-ethyl adjacent to an activating group) is 1. The zero-order valence-corrected chi connectivity index (χ0v) is 24.0. The molecule has 0 aliphatic heterocycles. The van der Waals surface area contributed by atoms with Crippen LogP contribution in [-0.4, -0.2) is 67.1 Å². The fourth-order valence-electron chi connectivity index (χ4n) is 4.79. The third kappa shape index (κ3) is 5.57. The first-order valence-corrected chi connectivity index (χ1v) is 12.8. The summed E-state index contributed by atoms with van der Waals surface area (Å²) in [5.41, 5.74) is 1.82. The molecule has 0 aliphatic rings. The fraction of sp³-hybridized carbons (Fsp3) is 0.281. The molecular formula is C32H35NO7. The van der Waals surface area contributed by atoms with Gasteiger partial charge in [-0.05, 0) is 64.6 Å². The van der Waals surface area contributed by atoms with Crippen LogP contribution in [-0.2, 0) is 11.2 Å². The zero-order chi connectivity index (χ0) is 28.8. The summed E-state index contributed by atoms with van der Waals surface area (Å²) in [7, 11) is 11.5. The number of hydrogen-bond acceptors (Lipinski definition) is 7. The number of fused-ring (bicyclic) bond motifs is 3. The van der Waals surface area contributed by atoms with E-state index in [2.05, 4.69) is 12.1 Å². The van der Waals surface area contributed by atoms with E-state index in [1.165, 1.54) is 0 Å². The summed E-state index contributed by atoms with van der Waals surface area (Å²) >= 11 is 0.